The summed E-state index contributed by atoms with van der Waals surface area (Å²) in [5.41, 5.74) is 5.86. The molecule has 0 aromatic carbocycles. The molecule has 7 heteroatoms. The van der Waals surface area contributed by atoms with E-state index >= 15 is 0 Å². The second kappa shape index (κ2) is 5.69. The van der Waals surface area contributed by atoms with Crippen LogP contribution in [0, 0.1) is 0 Å². The Hall–Kier alpha value is -1.31. The lowest BCUT2D eigenvalue weighted by atomic mass is 10.3. The summed E-state index contributed by atoms with van der Waals surface area (Å²) in [5.74, 6) is -0.841. The Morgan fingerprint density at radius 2 is 2.31 bits per heavy atom. The predicted molar refractivity (Wildman–Crippen MR) is 59.4 cm³/mol. The van der Waals surface area contributed by atoms with Crippen LogP contribution in [0.2, 0.25) is 0 Å². The number of nitrogens with zero attached hydrogens (tertiary/aromatic N) is 1. The van der Waals surface area contributed by atoms with Gasteiger partial charge in [0, 0.05) is 11.9 Å². The van der Waals surface area contributed by atoms with Crippen LogP contribution in [-0.4, -0.2) is 44.7 Å². The maximum atomic E-state index is 10.6. The number of aliphatic hydroxyl groups is 2. The minimum atomic E-state index is -1.09. The van der Waals surface area contributed by atoms with Crippen LogP contribution in [-0.2, 0) is 0 Å². The Morgan fingerprint density at radius 3 is 2.81 bits per heavy atom. The number of carboxylic acid groups (broad SMARTS) is 1. The standard InChI is InChI=1S/C9H12N2O4S/c10-7-1-5(9(14)15)2-11-8(7)16-4-6(13)3-12/h1-2,6,12-13H,3-4,10H2,(H,14,15). The lowest BCUT2D eigenvalue weighted by Gasteiger charge is -2.08. The topological polar surface area (TPSA) is 117 Å². The van der Waals surface area contributed by atoms with Gasteiger partial charge in [-0.15, -0.1) is 11.8 Å². The van der Waals surface area contributed by atoms with Crippen LogP contribution in [0.5, 0.6) is 0 Å². The van der Waals surface area contributed by atoms with Crippen molar-refractivity contribution in [3.05, 3.63) is 17.8 Å². The van der Waals surface area contributed by atoms with Gasteiger partial charge in [0.15, 0.2) is 0 Å². The third-order valence-corrected chi connectivity index (χ3v) is 2.91. The van der Waals surface area contributed by atoms with Crippen molar-refractivity contribution in [2.75, 3.05) is 18.1 Å². The minimum absolute atomic E-state index is 0.0181. The average Bonchev–Trinajstić information content (AvgIpc) is 2.26. The zero-order valence-corrected chi connectivity index (χ0v) is 9.15. The van der Waals surface area contributed by atoms with E-state index in [4.69, 9.17) is 21.1 Å². The van der Waals surface area contributed by atoms with Crippen molar-refractivity contribution in [3.63, 3.8) is 0 Å². The number of aromatic nitrogens is 1. The summed E-state index contributed by atoms with van der Waals surface area (Å²) in [4.78, 5) is 14.5. The molecule has 1 aromatic rings. The van der Waals surface area contributed by atoms with E-state index in [-0.39, 0.29) is 23.6 Å². The quantitative estimate of drug-likeness (QED) is 0.530. The molecule has 1 unspecified atom stereocenters. The zero-order valence-electron chi connectivity index (χ0n) is 8.33. The molecule has 0 aliphatic rings. The number of anilines is 1. The summed E-state index contributed by atoms with van der Waals surface area (Å²) in [6.45, 7) is -0.333. The largest absolute Gasteiger partial charge is 0.478 e. The summed E-state index contributed by atoms with van der Waals surface area (Å²) in [7, 11) is 0. The molecule has 0 radical (unpaired) electrons. The lowest BCUT2D eigenvalue weighted by Crippen LogP contribution is -2.15. The van der Waals surface area contributed by atoms with E-state index in [0.717, 1.165) is 11.8 Å². The molecule has 0 fully saturated rings. The van der Waals surface area contributed by atoms with Crippen molar-refractivity contribution < 1.29 is 20.1 Å². The number of rotatable bonds is 5. The molecule has 0 aliphatic heterocycles. The summed E-state index contributed by atoms with van der Waals surface area (Å²) in [5, 5.41) is 26.8. The van der Waals surface area contributed by atoms with Gasteiger partial charge >= 0.3 is 5.97 Å². The first-order chi connectivity index (χ1) is 7.54. The molecular formula is C9H12N2O4S. The number of aromatic carboxylic acids is 1. The van der Waals surface area contributed by atoms with Crippen LogP contribution < -0.4 is 5.73 Å². The van der Waals surface area contributed by atoms with Gasteiger partial charge in [-0.1, -0.05) is 0 Å². The summed E-state index contributed by atoms with van der Waals surface area (Å²) in [6, 6.07) is 1.31. The predicted octanol–water partition coefficient (Wildman–Crippen LogP) is -0.193. The van der Waals surface area contributed by atoms with Crippen LogP contribution >= 0.6 is 11.8 Å². The van der Waals surface area contributed by atoms with Crippen LogP contribution in [0.3, 0.4) is 0 Å². The highest BCUT2D eigenvalue weighted by Crippen LogP contribution is 2.23. The molecule has 0 amide bonds. The van der Waals surface area contributed by atoms with E-state index in [1.807, 2.05) is 0 Å². The number of pyridine rings is 1. The first kappa shape index (κ1) is 12.8. The van der Waals surface area contributed by atoms with Crippen LogP contribution in [0.4, 0.5) is 5.69 Å². The number of nitrogens with two attached hydrogens (primary N) is 1. The van der Waals surface area contributed by atoms with Crippen LogP contribution in [0.25, 0.3) is 0 Å². The third kappa shape index (κ3) is 3.37. The molecule has 16 heavy (non-hydrogen) atoms. The van der Waals surface area contributed by atoms with E-state index in [2.05, 4.69) is 4.98 Å². The normalized spacial score (nSPS) is 12.4. The van der Waals surface area contributed by atoms with Gasteiger partial charge in [-0.2, -0.15) is 0 Å². The molecule has 5 N–H and O–H groups in total. The van der Waals surface area contributed by atoms with Gasteiger partial charge in [0.05, 0.1) is 24.0 Å². The number of nitrogen functional groups attached to an aromatic ring is 1. The number of hydrogen-bond acceptors (Lipinski definition) is 6. The average molecular weight is 244 g/mol. The molecular weight excluding hydrogens is 232 g/mol. The van der Waals surface area contributed by atoms with Crippen LogP contribution in [0.1, 0.15) is 10.4 Å². The highest BCUT2D eigenvalue weighted by Gasteiger charge is 2.10. The van der Waals surface area contributed by atoms with Gasteiger partial charge in [0.2, 0.25) is 0 Å². The fourth-order valence-corrected chi connectivity index (χ4v) is 1.74. The Kier molecular flexibility index (Phi) is 4.53. The molecule has 88 valence electrons. The molecule has 6 nitrogen and oxygen atoms in total. The molecule has 1 atom stereocenters. The summed E-state index contributed by atoms with van der Waals surface area (Å²) in [6.07, 6.45) is 0.358. The van der Waals surface area contributed by atoms with Crippen molar-refractivity contribution in [3.8, 4) is 0 Å². The molecule has 0 aliphatic carbocycles. The fraction of sp³-hybridized carbons (Fsp3) is 0.333. The second-order valence-corrected chi connectivity index (χ2v) is 4.08. The molecule has 1 aromatic heterocycles. The Labute approximate surface area is 96.1 Å². The zero-order chi connectivity index (χ0) is 12.1. The maximum Gasteiger partial charge on any atom is 0.337 e. The van der Waals surface area contributed by atoms with Gasteiger partial charge in [-0.05, 0) is 6.07 Å². The molecule has 0 spiro atoms. The maximum absolute atomic E-state index is 10.6. The Morgan fingerprint density at radius 1 is 1.62 bits per heavy atom. The van der Waals surface area contributed by atoms with E-state index in [9.17, 15) is 4.79 Å². The summed E-state index contributed by atoms with van der Waals surface area (Å²) >= 11 is 1.16. The van der Waals surface area contributed by atoms with E-state index in [1.165, 1.54) is 12.3 Å². The first-order valence-corrected chi connectivity index (χ1v) is 5.43. The minimum Gasteiger partial charge on any atom is -0.478 e. The van der Waals surface area contributed by atoms with Gasteiger partial charge in [0.25, 0.3) is 0 Å². The Balaban J connectivity index is 2.72. The molecule has 1 rings (SSSR count). The number of thioether (sulfide) groups is 1. The van der Waals surface area contributed by atoms with E-state index in [0.29, 0.717) is 5.03 Å². The highest BCUT2D eigenvalue weighted by molar-refractivity contribution is 7.99. The molecule has 0 saturated carbocycles. The van der Waals surface area contributed by atoms with Crippen molar-refractivity contribution in [2.45, 2.75) is 11.1 Å². The van der Waals surface area contributed by atoms with Crippen molar-refractivity contribution in [1.29, 1.82) is 0 Å². The van der Waals surface area contributed by atoms with Crippen LogP contribution in [0.15, 0.2) is 17.3 Å². The highest BCUT2D eigenvalue weighted by atomic mass is 32.2. The van der Waals surface area contributed by atoms with Crippen molar-refractivity contribution >= 4 is 23.4 Å². The smallest absolute Gasteiger partial charge is 0.337 e. The van der Waals surface area contributed by atoms with Crippen molar-refractivity contribution in [2.24, 2.45) is 0 Å². The molecule has 0 saturated heterocycles. The lowest BCUT2D eigenvalue weighted by molar-refractivity contribution is 0.0696. The SMILES string of the molecule is Nc1cc(C(=O)O)cnc1SCC(O)CO. The first-order valence-electron chi connectivity index (χ1n) is 4.45. The monoisotopic (exact) mass is 244 g/mol. The summed E-state index contributed by atoms with van der Waals surface area (Å²) < 4.78 is 0. The van der Waals surface area contributed by atoms with Gasteiger partial charge in [-0.3, -0.25) is 0 Å². The fourth-order valence-electron chi connectivity index (χ4n) is 0.935. The molecule has 0 bridgehead atoms. The van der Waals surface area contributed by atoms with E-state index < -0.39 is 12.1 Å². The second-order valence-electron chi connectivity index (χ2n) is 3.07. The Bertz CT molecular complexity index is 386. The number of aliphatic hydroxyl groups excluding tert-OH is 2. The molecule has 1 heterocycles. The van der Waals surface area contributed by atoms with E-state index in [1.54, 1.807) is 0 Å². The third-order valence-electron chi connectivity index (χ3n) is 1.75. The van der Waals surface area contributed by atoms with Gasteiger partial charge < -0.3 is 21.1 Å². The number of carbonyl (C=O) groups is 1. The van der Waals surface area contributed by atoms with Gasteiger partial charge in [-0.25, -0.2) is 9.78 Å². The van der Waals surface area contributed by atoms with Gasteiger partial charge in [0.1, 0.15) is 5.03 Å². The van der Waals surface area contributed by atoms with Crippen molar-refractivity contribution in [1.82, 2.24) is 4.98 Å². The number of hydrogen-bond donors (Lipinski definition) is 4. The number of carboxylic acids is 1.